The number of phenolic OH excluding ortho intramolecular Hbond substituents is 2. The molecule has 2 aromatic rings. The highest BCUT2D eigenvalue weighted by Crippen LogP contribution is 2.56. The smallest absolute Gasteiger partial charge is 0.342 e. The first kappa shape index (κ1) is 36.4. The van der Waals surface area contributed by atoms with E-state index in [2.05, 4.69) is 4.99 Å². The van der Waals surface area contributed by atoms with E-state index in [9.17, 15) is 54.6 Å². The van der Waals surface area contributed by atoms with Gasteiger partial charge in [0.05, 0.1) is 60.7 Å². The van der Waals surface area contributed by atoms with Gasteiger partial charge in [0.1, 0.15) is 23.2 Å². The van der Waals surface area contributed by atoms with Gasteiger partial charge in [0.2, 0.25) is 17.3 Å². The zero-order chi connectivity index (χ0) is 37.5. The number of fused-ring (bicyclic) bond motifs is 5. The SMILES string of the molecule is CCOC(=O)c1c(C)cc2c(c1O)[C@]1(O)C(=O)c3cc4c(c(O)c3C(=O)[C@]1(OC)[C@H](O)C2)C(=O)CC(=N[C@H]1O[C@@H](C)[C@H](OC)[C@@H](O)C1CO)C4=O. The minimum Gasteiger partial charge on any atom is -0.507 e. The minimum absolute atomic E-state index is 0.00812. The van der Waals surface area contributed by atoms with E-state index >= 15 is 0 Å². The number of aliphatic hydroxyl groups is 4. The van der Waals surface area contributed by atoms with Gasteiger partial charge in [0, 0.05) is 37.3 Å². The Balaban J connectivity index is 1.54. The number of esters is 1. The van der Waals surface area contributed by atoms with Gasteiger partial charge in [-0.2, -0.15) is 0 Å². The van der Waals surface area contributed by atoms with E-state index in [0.717, 1.165) is 13.2 Å². The van der Waals surface area contributed by atoms with Crippen molar-refractivity contribution in [1.82, 2.24) is 0 Å². The third-order valence-corrected chi connectivity index (χ3v) is 10.4. The number of phenols is 2. The molecule has 1 heterocycles. The van der Waals surface area contributed by atoms with E-state index in [1.807, 2.05) is 0 Å². The van der Waals surface area contributed by atoms with Crippen molar-refractivity contribution in [2.45, 2.75) is 75.5 Å². The van der Waals surface area contributed by atoms with E-state index in [4.69, 9.17) is 18.9 Å². The van der Waals surface area contributed by atoms with Crippen LogP contribution in [0, 0.1) is 12.8 Å². The molecule has 6 N–H and O–H groups in total. The molecule has 4 aliphatic rings. The van der Waals surface area contributed by atoms with Crippen LogP contribution in [-0.2, 0) is 31.0 Å². The highest BCUT2D eigenvalue weighted by Gasteiger charge is 2.72. The lowest BCUT2D eigenvalue weighted by Crippen LogP contribution is -2.73. The molecule has 6 rings (SSSR count). The number of aliphatic hydroxyl groups excluding tert-OH is 3. The fourth-order valence-electron chi connectivity index (χ4n) is 8.05. The highest BCUT2D eigenvalue weighted by molar-refractivity contribution is 6.53. The van der Waals surface area contributed by atoms with Crippen LogP contribution in [0.2, 0.25) is 0 Å². The molecule has 1 fully saturated rings. The summed E-state index contributed by atoms with van der Waals surface area (Å²) in [7, 11) is 2.26. The van der Waals surface area contributed by atoms with Crippen LogP contribution in [-0.4, -0.2) is 129 Å². The number of nitrogens with zero attached hydrogens (tertiary/aromatic N) is 1. The Morgan fingerprint density at radius 1 is 1.04 bits per heavy atom. The Hall–Kier alpha value is -4.42. The maximum Gasteiger partial charge on any atom is 0.342 e. The Kier molecular flexibility index (Phi) is 9.03. The summed E-state index contributed by atoms with van der Waals surface area (Å²) in [6, 6.07) is 2.17. The van der Waals surface area contributed by atoms with E-state index in [-0.39, 0.29) is 17.7 Å². The van der Waals surface area contributed by atoms with Crippen molar-refractivity contribution < 1.29 is 73.6 Å². The number of methoxy groups -OCH3 is 2. The summed E-state index contributed by atoms with van der Waals surface area (Å²) in [6.07, 6.45) is -7.28. The van der Waals surface area contributed by atoms with Crippen molar-refractivity contribution in [3.8, 4) is 11.5 Å². The molecule has 16 heteroatoms. The molecule has 16 nitrogen and oxygen atoms in total. The zero-order valence-electron chi connectivity index (χ0n) is 28.3. The first-order chi connectivity index (χ1) is 24.1. The molecule has 8 atom stereocenters. The van der Waals surface area contributed by atoms with Crippen LogP contribution >= 0.6 is 0 Å². The lowest BCUT2D eigenvalue weighted by atomic mass is 9.56. The van der Waals surface area contributed by atoms with E-state index < -0.39 is 147 Å². The lowest BCUT2D eigenvalue weighted by molar-refractivity contribution is -0.206. The molecule has 1 unspecified atom stereocenters. The molecule has 0 saturated carbocycles. The van der Waals surface area contributed by atoms with Crippen LogP contribution in [0.3, 0.4) is 0 Å². The van der Waals surface area contributed by atoms with E-state index in [1.54, 1.807) is 6.92 Å². The second kappa shape index (κ2) is 12.7. The van der Waals surface area contributed by atoms with Crippen LogP contribution in [0.15, 0.2) is 17.1 Å². The van der Waals surface area contributed by atoms with Gasteiger partial charge in [0.15, 0.2) is 23.2 Å². The number of benzene rings is 2. The lowest BCUT2D eigenvalue weighted by Gasteiger charge is -2.52. The van der Waals surface area contributed by atoms with Gasteiger partial charge in [-0.15, -0.1) is 0 Å². The number of aliphatic imine (C=N–C) groups is 1. The van der Waals surface area contributed by atoms with Gasteiger partial charge in [-0.3, -0.25) is 24.2 Å². The number of hydrogen-bond acceptors (Lipinski definition) is 16. The van der Waals surface area contributed by atoms with Crippen molar-refractivity contribution in [2.24, 2.45) is 10.9 Å². The average Bonchev–Trinajstić information content (AvgIpc) is 3.06. The Morgan fingerprint density at radius 3 is 2.33 bits per heavy atom. The number of aromatic hydroxyl groups is 2. The molecule has 1 aliphatic heterocycles. The molecular formula is C35H37NO15. The Bertz CT molecular complexity index is 1940. The minimum atomic E-state index is -3.24. The second-order valence-corrected chi connectivity index (χ2v) is 13.0. The summed E-state index contributed by atoms with van der Waals surface area (Å²) < 4.78 is 21.6. The molecule has 0 amide bonds. The van der Waals surface area contributed by atoms with Crippen LogP contribution in [0.1, 0.15) is 88.7 Å². The van der Waals surface area contributed by atoms with Gasteiger partial charge >= 0.3 is 5.97 Å². The van der Waals surface area contributed by atoms with E-state index in [1.165, 1.54) is 27.0 Å². The van der Waals surface area contributed by atoms with Crippen molar-refractivity contribution in [1.29, 1.82) is 0 Å². The molecule has 3 aliphatic carbocycles. The maximum atomic E-state index is 14.6. The van der Waals surface area contributed by atoms with Crippen molar-refractivity contribution in [3.63, 3.8) is 0 Å². The zero-order valence-corrected chi connectivity index (χ0v) is 28.3. The molecule has 0 spiro atoms. The summed E-state index contributed by atoms with van der Waals surface area (Å²) in [4.78, 5) is 73.7. The summed E-state index contributed by atoms with van der Waals surface area (Å²) in [5, 5.41) is 67.7. The van der Waals surface area contributed by atoms with Crippen molar-refractivity contribution >= 4 is 34.8 Å². The number of ketones is 4. The summed E-state index contributed by atoms with van der Waals surface area (Å²) in [5.41, 5.74) is -10.2. The van der Waals surface area contributed by atoms with Gasteiger partial charge < -0.3 is 49.6 Å². The van der Waals surface area contributed by atoms with Gasteiger partial charge in [-0.05, 0) is 38.0 Å². The standard InChI is InChI=1S/C35H37NO15/c1-6-50-33(46)21-12(2)7-14-8-20(39)35(49-5)31(45)23-16(30(44)34(35,47)24(14)28(21)43)9-15-22(27(23)42)19(38)10-18(25(15)40)36-32-17(11-37)26(41)29(48-4)13(3)51-32/h7,9,13,17,20,26,29,32,37,39,41-43,47H,6,8,10-11H2,1-5H3/t13-,17?,20+,26-,29-,32-,34-,35+/m0/s1. The van der Waals surface area contributed by atoms with Gasteiger partial charge in [-0.25, -0.2) is 4.79 Å². The predicted molar refractivity (Wildman–Crippen MR) is 171 cm³/mol. The molecule has 0 radical (unpaired) electrons. The van der Waals surface area contributed by atoms with Crippen molar-refractivity contribution in [3.05, 3.63) is 56.6 Å². The predicted octanol–water partition coefficient (Wildman–Crippen LogP) is 0.0912. The second-order valence-electron chi connectivity index (χ2n) is 13.0. The van der Waals surface area contributed by atoms with E-state index in [0.29, 0.717) is 0 Å². The first-order valence-corrected chi connectivity index (χ1v) is 16.2. The van der Waals surface area contributed by atoms with Gasteiger partial charge in [0.25, 0.3) is 0 Å². The molecule has 1 saturated heterocycles. The highest BCUT2D eigenvalue weighted by atomic mass is 16.6. The molecule has 272 valence electrons. The summed E-state index contributed by atoms with van der Waals surface area (Å²) in [6.45, 7) is 3.83. The Morgan fingerprint density at radius 2 is 1.73 bits per heavy atom. The molecule has 0 bridgehead atoms. The monoisotopic (exact) mass is 711 g/mol. The molecule has 0 aromatic heterocycles. The summed E-state index contributed by atoms with van der Waals surface area (Å²) in [5.74, 6) is -8.67. The molecule has 51 heavy (non-hydrogen) atoms. The number of rotatable bonds is 6. The Labute approximate surface area is 290 Å². The van der Waals surface area contributed by atoms with Crippen LogP contribution in [0.4, 0.5) is 0 Å². The largest absolute Gasteiger partial charge is 0.507 e. The fraction of sp³-hybridized carbons (Fsp3) is 0.486. The topological polar surface area (TPSA) is 256 Å². The van der Waals surface area contributed by atoms with Crippen molar-refractivity contribution in [2.75, 3.05) is 27.4 Å². The molecular weight excluding hydrogens is 674 g/mol. The van der Waals surface area contributed by atoms with Crippen LogP contribution in [0.25, 0.3) is 0 Å². The summed E-state index contributed by atoms with van der Waals surface area (Å²) >= 11 is 0. The third kappa shape index (κ3) is 4.78. The maximum absolute atomic E-state index is 14.6. The number of ether oxygens (including phenoxy) is 4. The third-order valence-electron chi connectivity index (χ3n) is 10.4. The van der Waals surface area contributed by atoms with Gasteiger partial charge in [-0.1, -0.05) is 6.07 Å². The van der Waals surface area contributed by atoms with Crippen LogP contribution in [0.5, 0.6) is 11.5 Å². The number of Topliss-reactive ketones (excluding diaryl/α,β-unsaturated/α-hetero) is 4. The average molecular weight is 712 g/mol. The normalized spacial score (nSPS) is 32.3. The number of hydrogen-bond donors (Lipinski definition) is 6. The van der Waals surface area contributed by atoms with Crippen LogP contribution < -0.4 is 0 Å². The number of carbonyl (C=O) groups is 5. The number of aryl methyl sites for hydroxylation is 1. The fourth-order valence-corrected chi connectivity index (χ4v) is 8.05. The first-order valence-electron chi connectivity index (χ1n) is 16.2. The quantitative estimate of drug-likeness (QED) is 0.217. The number of carbonyl (C=O) groups excluding carboxylic acids is 5. The molecule has 2 aromatic carbocycles.